The summed E-state index contributed by atoms with van der Waals surface area (Å²) < 4.78 is 0. The molecule has 5 heteroatoms. The quantitative estimate of drug-likeness (QED) is 0.774. The summed E-state index contributed by atoms with van der Waals surface area (Å²) in [5, 5.41) is 24.7. The molecule has 0 saturated carbocycles. The van der Waals surface area contributed by atoms with Crippen LogP contribution in [-0.4, -0.2) is 21.3 Å². The monoisotopic (exact) mass is 289 g/mol. The first-order valence-electron chi connectivity index (χ1n) is 6.57. The minimum atomic E-state index is -1.07. The highest BCUT2D eigenvalue weighted by Crippen LogP contribution is 2.28. The minimum Gasteiger partial charge on any atom is -0.477 e. The molecule has 106 valence electrons. The number of aromatic nitrogens is 2. The van der Waals surface area contributed by atoms with E-state index in [0.29, 0.717) is 16.8 Å². The minimum absolute atomic E-state index is 0.0145. The van der Waals surface area contributed by atoms with E-state index < -0.39 is 5.97 Å². The van der Waals surface area contributed by atoms with Crippen LogP contribution in [0.4, 0.5) is 0 Å². The summed E-state index contributed by atoms with van der Waals surface area (Å²) in [5.74, 6) is -1.07. The third-order valence-corrected chi connectivity index (χ3v) is 3.33. The predicted octanol–water partition coefficient (Wildman–Crippen LogP) is 3.31. The Kier molecular flexibility index (Phi) is 3.42. The molecule has 2 N–H and O–H groups in total. The molecule has 0 aliphatic rings. The lowest BCUT2D eigenvalue weighted by molar-refractivity contribution is 0.0690. The first-order valence-corrected chi connectivity index (χ1v) is 6.57. The molecule has 1 heterocycles. The topological polar surface area (TPSA) is 89.8 Å². The first-order chi connectivity index (χ1) is 10.7. The maximum Gasteiger partial charge on any atom is 0.353 e. The number of aromatic amines is 1. The summed E-state index contributed by atoms with van der Waals surface area (Å²) in [6.07, 6.45) is 0. The van der Waals surface area contributed by atoms with E-state index in [-0.39, 0.29) is 5.69 Å². The molecule has 3 rings (SSSR count). The number of benzene rings is 2. The third-order valence-electron chi connectivity index (χ3n) is 3.33. The summed E-state index contributed by atoms with van der Waals surface area (Å²) in [5.41, 5.74) is 3.51. The van der Waals surface area contributed by atoms with Gasteiger partial charge in [0, 0.05) is 5.56 Å². The lowest BCUT2D eigenvalue weighted by Gasteiger charge is -2.06. The van der Waals surface area contributed by atoms with Crippen molar-refractivity contribution in [2.24, 2.45) is 0 Å². The fraction of sp³-hybridized carbons (Fsp3) is 0. The maximum atomic E-state index is 10.9. The van der Waals surface area contributed by atoms with Crippen LogP contribution in [0.3, 0.4) is 0 Å². The average molecular weight is 289 g/mol. The second kappa shape index (κ2) is 5.54. The second-order valence-electron chi connectivity index (χ2n) is 4.71. The Bertz CT molecular complexity index is 876. The van der Waals surface area contributed by atoms with Gasteiger partial charge in [-0.15, -0.1) is 0 Å². The molecule has 0 bridgehead atoms. The smallest absolute Gasteiger partial charge is 0.353 e. The molecule has 0 amide bonds. The number of carboxylic acids is 1. The van der Waals surface area contributed by atoms with E-state index in [9.17, 15) is 10.1 Å². The Morgan fingerprint density at radius 2 is 1.86 bits per heavy atom. The van der Waals surface area contributed by atoms with Gasteiger partial charge in [-0.05, 0) is 23.3 Å². The molecule has 0 atom stereocenters. The molecule has 0 spiro atoms. The Labute approximate surface area is 126 Å². The summed E-state index contributed by atoms with van der Waals surface area (Å²) in [7, 11) is 0. The van der Waals surface area contributed by atoms with Crippen molar-refractivity contribution in [2.45, 2.75) is 0 Å². The number of rotatable bonds is 3. The lowest BCUT2D eigenvalue weighted by Crippen LogP contribution is -1.95. The van der Waals surface area contributed by atoms with E-state index in [2.05, 4.69) is 16.3 Å². The number of H-pyrrole nitrogens is 1. The second-order valence-corrected chi connectivity index (χ2v) is 4.71. The van der Waals surface area contributed by atoms with Gasteiger partial charge in [-0.2, -0.15) is 10.4 Å². The highest BCUT2D eigenvalue weighted by molar-refractivity contribution is 5.87. The Balaban J connectivity index is 2.05. The van der Waals surface area contributed by atoms with Gasteiger partial charge in [-0.3, -0.25) is 5.10 Å². The van der Waals surface area contributed by atoms with Crippen molar-refractivity contribution in [1.29, 1.82) is 5.26 Å². The molecule has 0 unspecified atom stereocenters. The SMILES string of the molecule is N#Cc1cc(-c2cc(C(=O)O)[nH]n2)ccc1-c1ccccc1. The van der Waals surface area contributed by atoms with E-state index in [4.69, 9.17) is 5.11 Å². The van der Waals surface area contributed by atoms with Crippen molar-refractivity contribution < 1.29 is 9.90 Å². The molecule has 22 heavy (non-hydrogen) atoms. The van der Waals surface area contributed by atoms with Crippen molar-refractivity contribution in [2.75, 3.05) is 0 Å². The number of carboxylic acid groups (broad SMARTS) is 1. The van der Waals surface area contributed by atoms with Gasteiger partial charge >= 0.3 is 5.97 Å². The molecular weight excluding hydrogens is 278 g/mol. The van der Waals surface area contributed by atoms with Crippen molar-refractivity contribution in [3.05, 3.63) is 65.9 Å². The molecular formula is C17H11N3O2. The highest BCUT2D eigenvalue weighted by atomic mass is 16.4. The molecule has 0 fully saturated rings. The number of nitrogens with zero attached hydrogens (tertiary/aromatic N) is 2. The van der Waals surface area contributed by atoms with Crippen molar-refractivity contribution >= 4 is 5.97 Å². The van der Waals surface area contributed by atoms with Gasteiger partial charge in [-0.25, -0.2) is 4.79 Å². The van der Waals surface area contributed by atoms with E-state index in [1.54, 1.807) is 6.07 Å². The van der Waals surface area contributed by atoms with Gasteiger partial charge in [0.25, 0.3) is 0 Å². The Hall–Kier alpha value is -3.39. The van der Waals surface area contributed by atoms with Crippen LogP contribution in [-0.2, 0) is 0 Å². The maximum absolute atomic E-state index is 10.9. The number of hydrogen-bond donors (Lipinski definition) is 2. The Morgan fingerprint density at radius 1 is 1.09 bits per heavy atom. The highest BCUT2D eigenvalue weighted by Gasteiger charge is 2.12. The first kappa shape index (κ1) is 13.6. The fourth-order valence-corrected chi connectivity index (χ4v) is 2.24. The zero-order valence-corrected chi connectivity index (χ0v) is 11.4. The zero-order valence-electron chi connectivity index (χ0n) is 11.4. The van der Waals surface area contributed by atoms with Gasteiger partial charge in [0.1, 0.15) is 5.69 Å². The number of nitrogens with one attached hydrogen (secondary N) is 1. The number of hydrogen-bond acceptors (Lipinski definition) is 3. The van der Waals surface area contributed by atoms with Gasteiger partial charge in [0.15, 0.2) is 0 Å². The molecule has 0 radical (unpaired) electrons. The van der Waals surface area contributed by atoms with Crippen molar-refractivity contribution in [1.82, 2.24) is 10.2 Å². The molecule has 0 saturated heterocycles. The number of carbonyl (C=O) groups is 1. The molecule has 3 aromatic rings. The van der Waals surface area contributed by atoms with Crippen LogP contribution in [0.1, 0.15) is 16.1 Å². The lowest BCUT2D eigenvalue weighted by atomic mass is 9.97. The van der Waals surface area contributed by atoms with Gasteiger partial charge in [0.2, 0.25) is 0 Å². The molecule has 5 nitrogen and oxygen atoms in total. The summed E-state index contributed by atoms with van der Waals surface area (Å²) in [6, 6.07) is 18.6. The fourth-order valence-electron chi connectivity index (χ4n) is 2.24. The van der Waals surface area contributed by atoms with E-state index >= 15 is 0 Å². The molecule has 1 aromatic heterocycles. The zero-order chi connectivity index (χ0) is 15.5. The summed E-state index contributed by atoms with van der Waals surface area (Å²) in [6.45, 7) is 0. The van der Waals surface area contributed by atoms with E-state index in [0.717, 1.165) is 11.1 Å². The molecule has 2 aromatic carbocycles. The van der Waals surface area contributed by atoms with E-state index in [1.807, 2.05) is 42.5 Å². The van der Waals surface area contributed by atoms with Crippen LogP contribution in [0, 0.1) is 11.3 Å². The van der Waals surface area contributed by atoms with Crippen LogP contribution in [0.25, 0.3) is 22.4 Å². The summed E-state index contributed by atoms with van der Waals surface area (Å²) in [4.78, 5) is 10.9. The van der Waals surface area contributed by atoms with Crippen LogP contribution in [0.5, 0.6) is 0 Å². The average Bonchev–Trinajstić information content (AvgIpc) is 3.05. The standard InChI is InChI=1S/C17H11N3O2/c18-10-13-8-12(15-9-16(17(21)22)20-19-15)6-7-14(13)11-4-2-1-3-5-11/h1-9H,(H,19,20)(H,21,22). The van der Waals surface area contributed by atoms with Crippen LogP contribution >= 0.6 is 0 Å². The predicted molar refractivity (Wildman–Crippen MR) is 81.1 cm³/mol. The van der Waals surface area contributed by atoms with Crippen LogP contribution in [0.15, 0.2) is 54.6 Å². The van der Waals surface area contributed by atoms with Crippen molar-refractivity contribution in [3.63, 3.8) is 0 Å². The van der Waals surface area contributed by atoms with Crippen molar-refractivity contribution in [3.8, 4) is 28.5 Å². The van der Waals surface area contributed by atoms with Gasteiger partial charge in [0.05, 0.1) is 17.3 Å². The van der Waals surface area contributed by atoms with E-state index in [1.165, 1.54) is 6.07 Å². The van der Waals surface area contributed by atoms with Gasteiger partial charge in [-0.1, -0.05) is 42.5 Å². The van der Waals surface area contributed by atoms with Gasteiger partial charge < -0.3 is 5.11 Å². The normalized spacial score (nSPS) is 10.1. The largest absolute Gasteiger partial charge is 0.477 e. The number of aromatic carboxylic acids is 1. The van der Waals surface area contributed by atoms with Crippen LogP contribution < -0.4 is 0 Å². The molecule has 0 aliphatic carbocycles. The van der Waals surface area contributed by atoms with Crippen LogP contribution in [0.2, 0.25) is 0 Å². The third kappa shape index (κ3) is 2.45. The summed E-state index contributed by atoms with van der Waals surface area (Å²) >= 11 is 0. The molecule has 0 aliphatic heterocycles. The Morgan fingerprint density at radius 3 is 2.50 bits per heavy atom. The number of nitriles is 1.